The van der Waals surface area contributed by atoms with Crippen molar-refractivity contribution in [3.63, 3.8) is 0 Å². The van der Waals surface area contributed by atoms with Gasteiger partial charge >= 0.3 is 0 Å². The highest BCUT2D eigenvalue weighted by molar-refractivity contribution is 9.10. The summed E-state index contributed by atoms with van der Waals surface area (Å²) in [5.74, 6) is 0. The molecule has 4 heteroatoms. The maximum absolute atomic E-state index is 4.19. The molecule has 0 aromatic carbocycles. The smallest absolute Gasteiger partial charge is 0.144 e. The molecule has 2 heterocycles. The molecule has 2 nitrogen and oxygen atoms in total. The van der Waals surface area contributed by atoms with Crippen molar-refractivity contribution in [3.05, 3.63) is 22.4 Å². The van der Waals surface area contributed by atoms with E-state index in [-0.39, 0.29) is 0 Å². The first-order valence-corrected chi connectivity index (χ1v) is 4.72. The molecular weight excluding hydrogens is 224 g/mol. The van der Waals surface area contributed by atoms with Crippen LogP contribution in [0.5, 0.6) is 0 Å². The summed E-state index contributed by atoms with van der Waals surface area (Å²) in [6.45, 7) is 2.06. The second-order valence-electron chi connectivity index (χ2n) is 2.28. The Morgan fingerprint density at radius 1 is 1.55 bits per heavy atom. The quantitative estimate of drug-likeness (QED) is 0.694. The molecule has 0 N–H and O–H groups in total. The van der Waals surface area contributed by atoms with Crippen LogP contribution in [-0.4, -0.2) is 9.36 Å². The van der Waals surface area contributed by atoms with Gasteiger partial charge in [-0.1, -0.05) is 0 Å². The maximum atomic E-state index is 4.19. The largest absolute Gasteiger partial charge is 0.244 e. The summed E-state index contributed by atoms with van der Waals surface area (Å²) in [5.41, 5.74) is 1.22. The summed E-state index contributed by atoms with van der Waals surface area (Å²) in [5, 5.41) is 1.14. The third kappa shape index (κ3) is 1.06. The highest BCUT2D eigenvalue weighted by Gasteiger charge is 2.05. The van der Waals surface area contributed by atoms with Gasteiger partial charge in [-0.2, -0.15) is 4.37 Å². The molecule has 56 valence electrons. The van der Waals surface area contributed by atoms with E-state index in [1.54, 1.807) is 0 Å². The van der Waals surface area contributed by atoms with E-state index in [4.69, 9.17) is 0 Å². The highest BCUT2D eigenvalue weighted by atomic mass is 79.9. The molecule has 11 heavy (non-hydrogen) atoms. The minimum absolute atomic E-state index is 0.906. The molecule has 0 bridgehead atoms. The Hall–Kier alpha value is -0.480. The van der Waals surface area contributed by atoms with E-state index >= 15 is 0 Å². The molecule has 0 saturated heterocycles. The molecule has 0 aliphatic carbocycles. The Balaban J connectivity index is 2.96. The number of fused-ring (bicyclic) bond motifs is 1. The van der Waals surface area contributed by atoms with Crippen molar-refractivity contribution in [2.24, 2.45) is 0 Å². The number of hydrogen-bond acceptors (Lipinski definition) is 3. The van der Waals surface area contributed by atoms with Crippen molar-refractivity contribution in [2.45, 2.75) is 6.92 Å². The monoisotopic (exact) mass is 228 g/mol. The average Bonchev–Trinajstić information content (AvgIpc) is 2.34. The van der Waals surface area contributed by atoms with Crippen molar-refractivity contribution in [1.29, 1.82) is 0 Å². The second kappa shape index (κ2) is 2.53. The van der Waals surface area contributed by atoms with Crippen LogP contribution in [0.1, 0.15) is 5.56 Å². The number of halogens is 1. The molecule has 2 rings (SSSR count). The normalized spacial score (nSPS) is 10.7. The van der Waals surface area contributed by atoms with E-state index < -0.39 is 0 Å². The predicted molar refractivity (Wildman–Crippen MR) is 49.9 cm³/mol. The average molecular weight is 229 g/mol. The van der Waals surface area contributed by atoms with Crippen LogP contribution in [0, 0.1) is 6.92 Å². The van der Waals surface area contributed by atoms with Crippen LogP contribution in [-0.2, 0) is 0 Å². The lowest BCUT2D eigenvalue weighted by Gasteiger charge is -1.91. The van der Waals surface area contributed by atoms with Gasteiger partial charge in [0, 0.05) is 11.6 Å². The summed E-state index contributed by atoms with van der Waals surface area (Å²) < 4.78 is 5.06. The molecule has 0 aliphatic rings. The summed E-state index contributed by atoms with van der Waals surface area (Å²) in [7, 11) is 0. The molecule has 0 saturated carbocycles. The lowest BCUT2D eigenvalue weighted by Crippen LogP contribution is -1.76. The van der Waals surface area contributed by atoms with E-state index in [0.29, 0.717) is 0 Å². The third-order valence-electron chi connectivity index (χ3n) is 1.54. The van der Waals surface area contributed by atoms with Crippen LogP contribution in [0.15, 0.2) is 16.9 Å². The fraction of sp³-hybridized carbons (Fsp3) is 0.143. The molecule has 0 spiro atoms. The molecule has 0 unspecified atom stereocenters. The van der Waals surface area contributed by atoms with Gasteiger partial charge in [-0.3, -0.25) is 0 Å². The zero-order chi connectivity index (χ0) is 7.84. The van der Waals surface area contributed by atoms with E-state index in [1.807, 2.05) is 12.3 Å². The number of rotatable bonds is 0. The molecular formula is C7H5BrN2S. The molecule has 0 aliphatic heterocycles. The topological polar surface area (TPSA) is 25.8 Å². The van der Waals surface area contributed by atoms with Crippen LogP contribution in [0.3, 0.4) is 0 Å². The van der Waals surface area contributed by atoms with Gasteiger partial charge in [-0.05, 0) is 46.0 Å². The number of hydrogen-bond donors (Lipinski definition) is 0. The molecule has 2 aromatic rings. The van der Waals surface area contributed by atoms with Crippen LogP contribution in [0.4, 0.5) is 0 Å². The minimum atomic E-state index is 0.906. The zero-order valence-electron chi connectivity index (χ0n) is 5.84. The van der Waals surface area contributed by atoms with Gasteiger partial charge in [0.25, 0.3) is 0 Å². The lowest BCUT2D eigenvalue weighted by atomic mass is 10.2. The highest BCUT2D eigenvalue weighted by Crippen LogP contribution is 2.27. The van der Waals surface area contributed by atoms with Crippen LogP contribution >= 0.6 is 27.5 Å². The van der Waals surface area contributed by atoms with Gasteiger partial charge in [0.1, 0.15) is 9.43 Å². The van der Waals surface area contributed by atoms with Crippen molar-refractivity contribution in [1.82, 2.24) is 9.36 Å². The molecule has 2 aromatic heterocycles. The van der Waals surface area contributed by atoms with Crippen molar-refractivity contribution in [3.8, 4) is 0 Å². The summed E-state index contributed by atoms with van der Waals surface area (Å²) in [6, 6.07) is 1.99. The first-order valence-electron chi connectivity index (χ1n) is 3.15. The predicted octanol–water partition coefficient (Wildman–Crippen LogP) is 2.76. The number of pyridine rings is 1. The van der Waals surface area contributed by atoms with Gasteiger partial charge in [0.2, 0.25) is 0 Å². The summed E-state index contributed by atoms with van der Waals surface area (Å²) >= 11 is 4.80. The first-order chi connectivity index (χ1) is 5.29. The second-order valence-corrected chi connectivity index (χ2v) is 3.78. The van der Waals surface area contributed by atoms with Crippen LogP contribution < -0.4 is 0 Å². The SMILES string of the molecule is Cc1ccnc2snc(Br)c12. The van der Waals surface area contributed by atoms with Gasteiger partial charge in [-0.15, -0.1) is 0 Å². The standard InChI is InChI=1S/C7H5BrN2S/c1-4-2-3-9-7-5(4)6(8)10-11-7/h2-3H,1H3. The summed E-state index contributed by atoms with van der Waals surface area (Å²) in [4.78, 5) is 5.19. The minimum Gasteiger partial charge on any atom is -0.244 e. The third-order valence-corrected chi connectivity index (χ3v) is 3.11. The van der Waals surface area contributed by atoms with Gasteiger partial charge in [0.15, 0.2) is 0 Å². The Kier molecular flexibility index (Phi) is 1.65. The molecule has 0 atom stereocenters. The lowest BCUT2D eigenvalue weighted by molar-refractivity contribution is 1.39. The Bertz CT molecular complexity index is 396. The number of aryl methyl sites for hydroxylation is 1. The first kappa shape index (κ1) is 7.18. The molecule has 0 amide bonds. The van der Waals surface area contributed by atoms with E-state index in [1.165, 1.54) is 17.1 Å². The van der Waals surface area contributed by atoms with Crippen LogP contribution in [0.25, 0.3) is 10.2 Å². The van der Waals surface area contributed by atoms with E-state index in [2.05, 4.69) is 32.2 Å². The van der Waals surface area contributed by atoms with Gasteiger partial charge in [0.05, 0.1) is 0 Å². The molecule has 0 radical (unpaired) electrons. The van der Waals surface area contributed by atoms with Crippen molar-refractivity contribution >= 4 is 37.7 Å². The molecule has 0 fully saturated rings. The summed E-state index contributed by atoms with van der Waals surface area (Å²) in [6.07, 6.45) is 1.81. The maximum Gasteiger partial charge on any atom is 0.144 e. The fourth-order valence-corrected chi connectivity index (χ4v) is 2.55. The van der Waals surface area contributed by atoms with Crippen molar-refractivity contribution in [2.75, 3.05) is 0 Å². The Morgan fingerprint density at radius 2 is 2.36 bits per heavy atom. The van der Waals surface area contributed by atoms with Crippen LogP contribution in [0.2, 0.25) is 0 Å². The Morgan fingerprint density at radius 3 is 3.09 bits per heavy atom. The van der Waals surface area contributed by atoms with Gasteiger partial charge in [-0.25, -0.2) is 4.98 Å². The Labute approximate surface area is 76.6 Å². The number of nitrogens with zero attached hydrogens (tertiary/aromatic N) is 2. The number of aromatic nitrogens is 2. The van der Waals surface area contributed by atoms with E-state index in [9.17, 15) is 0 Å². The zero-order valence-corrected chi connectivity index (χ0v) is 8.24. The van der Waals surface area contributed by atoms with Gasteiger partial charge < -0.3 is 0 Å². The van der Waals surface area contributed by atoms with E-state index in [0.717, 1.165) is 14.8 Å². The fourth-order valence-electron chi connectivity index (χ4n) is 0.982. The van der Waals surface area contributed by atoms with Crippen molar-refractivity contribution < 1.29 is 0 Å².